The van der Waals surface area contributed by atoms with Crippen LogP contribution in [0.25, 0.3) is 0 Å². The lowest BCUT2D eigenvalue weighted by Crippen LogP contribution is -2.29. The fourth-order valence-corrected chi connectivity index (χ4v) is 2.54. The molecule has 2 heteroatoms. The number of nitrogens with zero attached hydrogens (tertiary/aromatic N) is 1. The molecule has 0 amide bonds. The smallest absolute Gasteiger partial charge is 0.0270 e. The van der Waals surface area contributed by atoms with Gasteiger partial charge in [0.25, 0.3) is 0 Å². The standard InChI is InChI=1S/C13H18N2/c1-10-8-13(10,9-15-12-2-3-12)11-4-6-14-7-5-11/h4-7,10,12,15H,2-3,8-9H2,1H3. The number of aromatic nitrogens is 1. The largest absolute Gasteiger partial charge is 0.313 e. The SMILES string of the molecule is CC1CC1(CNC1CC1)c1ccncc1. The summed E-state index contributed by atoms with van der Waals surface area (Å²) in [6.45, 7) is 3.51. The van der Waals surface area contributed by atoms with E-state index in [0.29, 0.717) is 5.41 Å². The van der Waals surface area contributed by atoms with Crippen LogP contribution in [0.1, 0.15) is 31.7 Å². The number of pyridine rings is 1. The molecule has 2 saturated carbocycles. The van der Waals surface area contributed by atoms with Crippen LogP contribution in [0, 0.1) is 5.92 Å². The summed E-state index contributed by atoms with van der Waals surface area (Å²) in [5.74, 6) is 0.825. The Labute approximate surface area is 91.1 Å². The molecule has 0 saturated heterocycles. The summed E-state index contributed by atoms with van der Waals surface area (Å²) < 4.78 is 0. The number of rotatable bonds is 4. The average molecular weight is 202 g/mol. The van der Waals surface area contributed by atoms with Gasteiger partial charge >= 0.3 is 0 Å². The van der Waals surface area contributed by atoms with Gasteiger partial charge < -0.3 is 5.32 Å². The molecule has 0 aromatic carbocycles. The Kier molecular flexibility index (Phi) is 2.06. The lowest BCUT2D eigenvalue weighted by molar-refractivity contribution is 0.540. The van der Waals surface area contributed by atoms with Gasteiger partial charge in [0.05, 0.1) is 0 Å². The van der Waals surface area contributed by atoms with Crippen molar-refractivity contribution < 1.29 is 0 Å². The highest BCUT2D eigenvalue weighted by Gasteiger charge is 2.52. The van der Waals surface area contributed by atoms with Gasteiger partial charge in [-0.05, 0) is 42.9 Å². The Morgan fingerprint density at radius 3 is 2.60 bits per heavy atom. The van der Waals surface area contributed by atoms with E-state index in [-0.39, 0.29) is 0 Å². The van der Waals surface area contributed by atoms with Gasteiger partial charge in [-0.15, -0.1) is 0 Å². The van der Waals surface area contributed by atoms with E-state index < -0.39 is 0 Å². The van der Waals surface area contributed by atoms with Crippen LogP contribution in [-0.4, -0.2) is 17.6 Å². The molecule has 1 aromatic rings. The summed E-state index contributed by atoms with van der Waals surface area (Å²) >= 11 is 0. The Morgan fingerprint density at radius 1 is 1.40 bits per heavy atom. The van der Waals surface area contributed by atoms with E-state index in [1.54, 1.807) is 0 Å². The first-order valence-corrected chi connectivity index (χ1v) is 5.95. The predicted molar refractivity (Wildman–Crippen MR) is 60.7 cm³/mol. The average Bonchev–Trinajstić information content (AvgIpc) is 3.14. The maximum absolute atomic E-state index is 4.10. The third-order valence-electron chi connectivity index (χ3n) is 3.99. The molecule has 2 nitrogen and oxygen atoms in total. The zero-order chi connectivity index (χ0) is 10.3. The van der Waals surface area contributed by atoms with Gasteiger partial charge in [-0.1, -0.05) is 6.92 Å². The van der Waals surface area contributed by atoms with Crippen molar-refractivity contribution in [2.45, 2.75) is 37.6 Å². The van der Waals surface area contributed by atoms with Gasteiger partial charge in [0.1, 0.15) is 0 Å². The first-order valence-electron chi connectivity index (χ1n) is 5.95. The molecule has 0 bridgehead atoms. The van der Waals surface area contributed by atoms with Crippen molar-refractivity contribution >= 4 is 0 Å². The summed E-state index contributed by atoms with van der Waals surface area (Å²) in [6, 6.07) is 5.17. The highest BCUT2D eigenvalue weighted by Crippen LogP contribution is 2.53. The van der Waals surface area contributed by atoms with Crippen LogP contribution in [0.4, 0.5) is 0 Å². The van der Waals surface area contributed by atoms with E-state index in [1.807, 2.05) is 12.4 Å². The lowest BCUT2D eigenvalue weighted by atomic mass is 9.94. The quantitative estimate of drug-likeness (QED) is 0.809. The summed E-state index contributed by atoms with van der Waals surface area (Å²) in [5, 5.41) is 3.67. The number of hydrogen-bond acceptors (Lipinski definition) is 2. The fraction of sp³-hybridized carbons (Fsp3) is 0.615. The number of nitrogens with one attached hydrogen (secondary N) is 1. The molecule has 2 atom stereocenters. The van der Waals surface area contributed by atoms with Crippen LogP contribution >= 0.6 is 0 Å². The molecule has 1 aromatic heterocycles. The van der Waals surface area contributed by atoms with Crippen LogP contribution in [0.2, 0.25) is 0 Å². The van der Waals surface area contributed by atoms with Gasteiger partial charge in [-0.2, -0.15) is 0 Å². The van der Waals surface area contributed by atoms with Crippen molar-refractivity contribution in [1.82, 2.24) is 10.3 Å². The van der Waals surface area contributed by atoms with Crippen molar-refractivity contribution in [3.05, 3.63) is 30.1 Å². The molecule has 0 spiro atoms. The normalized spacial score (nSPS) is 34.1. The van der Waals surface area contributed by atoms with Gasteiger partial charge in [0, 0.05) is 30.4 Å². The molecule has 2 aliphatic carbocycles. The van der Waals surface area contributed by atoms with Crippen LogP contribution in [0.5, 0.6) is 0 Å². The van der Waals surface area contributed by atoms with E-state index in [4.69, 9.17) is 0 Å². The Balaban J connectivity index is 1.74. The molecule has 0 radical (unpaired) electrons. The van der Waals surface area contributed by atoms with E-state index in [9.17, 15) is 0 Å². The van der Waals surface area contributed by atoms with Crippen molar-refractivity contribution in [2.24, 2.45) is 5.92 Å². The predicted octanol–water partition coefficient (Wildman–Crippen LogP) is 2.11. The first-order chi connectivity index (χ1) is 7.31. The lowest BCUT2D eigenvalue weighted by Gasteiger charge is -2.17. The van der Waals surface area contributed by atoms with Crippen molar-refractivity contribution in [2.75, 3.05) is 6.54 Å². The third-order valence-corrected chi connectivity index (χ3v) is 3.99. The van der Waals surface area contributed by atoms with Crippen molar-refractivity contribution in [1.29, 1.82) is 0 Å². The van der Waals surface area contributed by atoms with E-state index in [1.165, 1.54) is 24.8 Å². The monoisotopic (exact) mass is 202 g/mol. The third kappa shape index (κ3) is 1.67. The van der Waals surface area contributed by atoms with Crippen LogP contribution in [0.15, 0.2) is 24.5 Å². The zero-order valence-electron chi connectivity index (χ0n) is 9.24. The molecule has 1 heterocycles. The second kappa shape index (κ2) is 3.31. The molecule has 0 aliphatic heterocycles. The molecule has 2 fully saturated rings. The molecule has 3 rings (SSSR count). The minimum Gasteiger partial charge on any atom is -0.313 e. The summed E-state index contributed by atoms with van der Waals surface area (Å²) in [7, 11) is 0. The molecule has 2 unspecified atom stereocenters. The molecule has 1 N–H and O–H groups in total. The summed E-state index contributed by atoms with van der Waals surface area (Å²) in [4.78, 5) is 4.10. The molecule has 15 heavy (non-hydrogen) atoms. The highest BCUT2D eigenvalue weighted by molar-refractivity contribution is 5.32. The molecule has 80 valence electrons. The van der Waals surface area contributed by atoms with Gasteiger partial charge in [0.15, 0.2) is 0 Å². The van der Waals surface area contributed by atoms with E-state index >= 15 is 0 Å². The molecule has 2 aliphatic rings. The van der Waals surface area contributed by atoms with Crippen LogP contribution in [-0.2, 0) is 5.41 Å². The van der Waals surface area contributed by atoms with Gasteiger partial charge in [-0.3, -0.25) is 4.98 Å². The molecular weight excluding hydrogens is 184 g/mol. The van der Waals surface area contributed by atoms with Crippen LogP contribution < -0.4 is 5.32 Å². The number of hydrogen-bond donors (Lipinski definition) is 1. The fourth-order valence-electron chi connectivity index (χ4n) is 2.54. The Bertz CT molecular complexity index is 345. The van der Waals surface area contributed by atoms with E-state index in [0.717, 1.165) is 18.5 Å². The maximum Gasteiger partial charge on any atom is 0.0270 e. The van der Waals surface area contributed by atoms with Crippen molar-refractivity contribution in [3.8, 4) is 0 Å². The second-order valence-corrected chi connectivity index (χ2v) is 5.15. The Hall–Kier alpha value is -0.890. The summed E-state index contributed by atoms with van der Waals surface area (Å²) in [5.41, 5.74) is 1.89. The van der Waals surface area contributed by atoms with Crippen LogP contribution in [0.3, 0.4) is 0 Å². The van der Waals surface area contributed by atoms with Gasteiger partial charge in [-0.25, -0.2) is 0 Å². The molecular formula is C13H18N2. The summed E-state index contributed by atoms with van der Waals surface area (Å²) in [6.07, 6.45) is 7.91. The van der Waals surface area contributed by atoms with E-state index in [2.05, 4.69) is 29.4 Å². The second-order valence-electron chi connectivity index (χ2n) is 5.15. The first kappa shape index (κ1) is 9.34. The minimum atomic E-state index is 0.422. The maximum atomic E-state index is 4.10. The minimum absolute atomic E-state index is 0.422. The zero-order valence-corrected chi connectivity index (χ0v) is 9.24. The van der Waals surface area contributed by atoms with Crippen molar-refractivity contribution in [3.63, 3.8) is 0 Å². The highest BCUT2D eigenvalue weighted by atomic mass is 15.0. The van der Waals surface area contributed by atoms with Gasteiger partial charge in [0.2, 0.25) is 0 Å². The topological polar surface area (TPSA) is 24.9 Å². The Morgan fingerprint density at radius 2 is 2.07 bits per heavy atom.